The fraction of sp³-hybridized carbons (Fsp3) is 0.0303. The minimum Gasteiger partial charge on any atom is -0.333 e. The monoisotopic (exact) mass is 892 g/mol. The first kappa shape index (κ1) is 38.9. The second-order valence-corrected chi connectivity index (χ2v) is 18.9. The summed E-state index contributed by atoms with van der Waals surface area (Å²) in [5.74, 6) is 0. The molecule has 4 heterocycles. The van der Waals surface area contributed by atoms with Gasteiger partial charge in [0.2, 0.25) is 0 Å². The van der Waals surface area contributed by atoms with Gasteiger partial charge in [-0.3, -0.25) is 0 Å². The van der Waals surface area contributed by atoms with Crippen LogP contribution in [0.2, 0.25) is 0 Å². The minimum absolute atomic E-state index is 0.0103. The molecule has 4 nitrogen and oxygen atoms in total. The van der Waals surface area contributed by atoms with Gasteiger partial charge in [-0.25, -0.2) is 0 Å². The van der Waals surface area contributed by atoms with Crippen molar-refractivity contribution < 1.29 is 0 Å². The van der Waals surface area contributed by atoms with E-state index in [1.807, 2.05) is 0 Å². The number of rotatable bonds is 6. The molecule has 0 fully saturated rings. The van der Waals surface area contributed by atoms with E-state index in [1.54, 1.807) is 0 Å². The molecule has 1 aliphatic rings. The Morgan fingerprint density at radius 2 is 0.686 bits per heavy atom. The van der Waals surface area contributed by atoms with E-state index in [1.165, 1.54) is 115 Å². The Kier molecular flexibility index (Phi) is 8.45. The molecule has 0 bridgehead atoms. The van der Waals surface area contributed by atoms with Gasteiger partial charge in [-0.2, -0.15) is 0 Å². The lowest BCUT2D eigenvalue weighted by Gasteiger charge is -2.27. The molecule has 0 aliphatic heterocycles. The van der Waals surface area contributed by atoms with E-state index in [0.717, 1.165) is 17.8 Å². The van der Waals surface area contributed by atoms with Crippen molar-refractivity contribution in [3.05, 3.63) is 254 Å². The van der Waals surface area contributed by atoms with Gasteiger partial charge in [0.1, 0.15) is 0 Å². The number of hydrogen-bond donors (Lipinski definition) is 0. The molecule has 10 aromatic carbocycles. The SMILES string of the molecule is C1=C(c2ccccc2)C=C(n2c3ccccc3c3ccccc32)CC1n1c2ccccc2c2cc3c4ccccc4n(-c4cc(-c5ccccc5)cc(-n5c6ccccc6c6ccccc65)c4)c3cc21. The van der Waals surface area contributed by atoms with Crippen LogP contribution in [0.25, 0.3) is 121 Å². The maximum atomic E-state index is 2.64. The third-order valence-electron chi connectivity index (χ3n) is 15.0. The van der Waals surface area contributed by atoms with Crippen molar-refractivity contribution in [2.75, 3.05) is 0 Å². The van der Waals surface area contributed by atoms with Crippen molar-refractivity contribution in [1.82, 2.24) is 18.3 Å². The van der Waals surface area contributed by atoms with Crippen LogP contribution in [0.15, 0.2) is 249 Å². The first-order chi connectivity index (χ1) is 34.7. The highest BCUT2D eigenvalue weighted by atomic mass is 15.1. The van der Waals surface area contributed by atoms with Gasteiger partial charge in [-0.1, -0.05) is 176 Å². The van der Waals surface area contributed by atoms with Crippen LogP contribution < -0.4 is 0 Å². The quantitative estimate of drug-likeness (QED) is 0.158. The number of nitrogens with zero attached hydrogens (tertiary/aromatic N) is 4. The first-order valence-corrected chi connectivity index (χ1v) is 24.4. The molecule has 1 aliphatic carbocycles. The van der Waals surface area contributed by atoms with Crippen molar-refractivity contribution in [1.29, 1.82) is 0 Å². The van der Waals surface area contributed by atoms with Gasteiger partial charge < -0.3 is 18.3 Å². The van der Waals surface area contributed by atoms with E-state index in [0.29, 0.717) is 0 Å². The first-order valence-electron chi connectivity index (χ1n) is 24.4. The number of para-hydroxylation sites is 6. The molecule has 4 aromatic heterocycles. The largest absolute Gasteiger partial charge is 0.333 e. The van der Waals surface area contributed by atoms with Crippen LogP contribution in [0.3, 0.4) is 0 Å². The molecule has 15 rings (SSSR count). The topological polar surface area (TPSA) is 19.7 Å². The van der Waals surface area contributed by atoms with Crippen molar-refractivity contribution in [2.24, 2.45) is 0 Å². The highest BCUT2D eigenvalue weighted by Gasteiger charge is 2.27. The van der Waals surface area contributed by atoms with Crippen molar-refractivity contribution in [3.8, 4) is 22.5 Å². The van der Waals surface area contributed by atoms with Gasteiger partial charge in [0.05, 0.1) is 44.7 Å². The van der Waals surface area contributed by atoms with E-state index in [4.69, 9.17) is 0 Å². The zero-order chi connectivity index (χ0) is 45.9. The summed E-state index contributed by atoms with van der Waals surface area (Å²) >= 11 is 0. The number of benzene rings is 10. The Balaban J connectivity index is 1.00. The highest BCUT2D eigenvalue weighted by molar-refractivity contribution is 6.19. The second-order valence-electron chi connectivity index (χ2n) is 18.9. The zero-order valence-corrected chi connectivity index (χ0v) is 38.2. The molecule has 4 heteroatoms. The third kappa shape index (κ3) is 5.77. The fourth-order valence-electron chi connectivity index (χ4n) is 12.1. The van der Waals surface area contributed by atoms with E-state index >= 15 is 0 Å². The summed E-state index contributed by atoms with van der Waals surface area (Å²) in [5, 5.41) is 10.0. The van der Waals surface area contributed by atoms with Crippen molar-refractivity contribution >= 4 is 98.5 Å². The second kappa shape index (κ2) is 15.2. The predicted octanol–water partition coefficient (Wildman–Crippen LogP) is 17.3. The lowest BCUT2D eigenvalue weighted by molar-refractivity contribution is 0.648. The number of fused-ring (bicyclic) bond motifs is 12. The summed E-state index contributed by atoms with van der Waals surface area (Å²) in [4.78, 5) is 0. The maximum absolute atomic E-state index is 2.64. The average molecular weight is 893 g/mol. The van der Waals surface area contributed by atoms with E-state index in [2.05, 4.69) is 267 Å². The van der Waals surface area contributed by atoms with Gasteiger partial charge in [-0.15, -0.1) is 0 Å². The van der Waals surface area contributed by atoms with Gasteiger partial charge in [0.25, 0.3) is 0 Å². The summed E-state index contributed by atoms with van der Waals surface area (Å²) in [6, 6.07) is 87.3. The predicted molar refractivity (Wildman–Crippen MR) is 295 cm³/mol. The molecule has 0 radical (unpaired) electrons. The molecule has 0 amide bonds. The molecule has 0 spiro atoms. The van der Waals surface area contributed by atoms with E-state index in [-0.39, 0.29) is 6.04 Å². The van der Waals surface area contributed by atoms with E-state index < -0.39 is 0 Å². The lowest BCUT2D eigenvalue weighted by Crippen LogP contribution is -2.13. The Morgan fingerprint density at radius 3 is 1.21 bits per heavy atom. The standard InChI is InChI=1S/C66H44N4/c1-3-19-43(20-4-1)45-35-47(67-59-29-13-7-23-51(59)52-24-8-14-30-60(52)67)39-49(37-45)69-63-33-17-11-27-55(63)57-41-58-56-28-12-18-34-64(56)70(66(58)42-65(57)69)50-38-46(44-21-5-2-6-22-44)36-48(40-50)68-61-31-15-9-25-53(61)54-26-10-16-32-62(54)68/h1-39,41-42,50H,40H2. The Hall–Kier alpha value is -9.12. The summed E-state index contributed by atoms with van der Waals surface area (Å²) < 4.78 is 10.1. The van der Waals surface area contributed by atoms with Gasteiger partial charge in [-0.05, 0) is 95.1 Å². The Morgan fingerprint density at radius 1 is 0.286 bits per heavy atom. The molecule has 70 heavy (non-hydrogen) atoms. The molecule has 1 atom stereocenters. The van der Waals surface area contributed by atoms with Crippen LogP contribution in [0.1, 0.15) is 18.0 Å². The van der Waals surface area contributed by atoms with Crippen molar-refractivity contribution in [3.63, 3.8) is 0 Å². The lowest BCUT2D eigenvalue weighted by atomic mass is 9.94. The average Bonchev–Trinajstić information content (AvgIpc) is 4.15. The Labute approximate surface area is 404 Å². The zero-order valence-electron chi connectivity index (χ0n) is 38.2. The highest BCUT2D eigenvalue weighted by Crippen LogP contribution is 2.45. The third-order valence-corrected chi connectivity index (χ3v) is 15.0. The van der Waals surface area contributed by atoms with Crippen LogP contribution in [0.5, 0.6) is 0 Å². The molecular formula is C66H44N4. The molecule has 14 aromatic rings. The molecule has 0 N–H and O–H groups in total. The number of allylic oxidation sites excluding steroid dienone is 4. The fourth-order valence-corrected chi connectivity index (χ4v) is 12.1. The molecule has 1 unspecified atom stereocenters. The molecule has 0 saturated carbocycles. The van der Waals surface area contributed by atoms with Gasteiger partial charge in [0.15, 0.2) is 0 Å². The normalized spacial score (nSPS) is 14.3. The number of hydrogen-bond acceptors (Lipinski definition) is 0. The smallest absolute Gasteiger partial charge is 0.0586 e. The van der Waals surface area contributed by atoms with Crippen LogP contribution in [0.4, 0.5) is 0 Å². The number of aromatic nitrogens is 4. The molecular weight excluding hydrogens is 849 g/mol. The summed E-state index contributed by atoms with van der Waals surface area (Å²) in [5.41, 5.74) is 18.0. The summed E-state index contributed by atoms with van der Waals surface area (Å²) in [6.45, 7) is 0. The Bertz CT molecular complexity index is 4390. The van der Waals surface area contributed by atoms with Crippen LogP contribution in [-0.2, 0) is 0 Å². The van der Waals surface area contributed by atoms with Gasteiger partial charge in [0, 0.05) is 72.1 Å². The van der Waals surface area contributed by atoms with Crippen molar-refractivity contribution in [2.45, 2.75) is 12.5 Å². The van der Waals surface area contributed by atoms with E-state index in [9.17, 15) is 0 Å². The maximum Gasteiger partial charge on any atom is 0.0586 e. The molecule has 0 saturated heterocycles. The summed E-state index contributed by atoms with van der Waals surface area (Å²) in [6.07, 6.45) is 5.76. The van der Waals surface area contributed by atoms with Gasteiger partial charge >= 0.3 is 0 Å². The van der Waals surface area contributed by atoms with Crippen LogP contribution >= 0.6 is 0 Å². The molecule has 328 valence electrons. The minimum atomic E-state index is 0.0103. The summed E-state index contributed by atoms with van der Waals surface area (Å²) in [7, 11) is 0. The van der Waals surface area contributed by atoms with Crippen LogP contribution in [-0.4, -0.2) is 18.3 Å². The van der Waals surface area contributed by atoms with Crippen LogP contribution in [0, 0.1) is 0 Å².